The zero-order valence-electron chi connectivity index (χ0n) is 22.7. The lowest BCUT2D eigenvalue weighted by atomic mass is 10.1. The normalized spacial score (nSPS) is 18.2. The van der Waals surface area contributed by atoms with Gasteiger partial charge < -0.3 is 18.9 Å². The van der Waals surface area contributed by atoms with Gasteiger partial charge in [0, 0.05) is 52.4 Å². The van der Waals surface area contributed by atoms with Crippen LogP contribution in [0.1, 0.15) is 18.1 Å². The Kier molecular flexibility index (Phi) is 16.9. The Morgan fingerprint density at radius 3 is 2.05 bits per heavy atom. The Hall–Kier alpha value is -0.340. The predicted molar refractivity (Wildman–Crippen MR) is 178 cm³/mol. The van der Waals surface area contributed by atoms with E-state index in [1.807, 2.05) is 78.2 Å². The van der Waals surface area contributed by atoms with Crippen molar-refractivity contribution in [1.29, 1.82) is 0 Å². The fourth-order valence-electron chi connectivity index (χ4n) is 3.63. The van der Waals surface area contributed by atoms with Gasteiger partial charge >= 0.3 is 11.9 Å². The number of carbonyl (C=O) groups is 2. The van der Waals surface area contributed by atoms with Crippen LogP contribution in [0.5, 0.6) is 0 Å². The summed E-state index contributed by atoms with van der Waals surface area (Å²) >= 11 is 11.4. The highest BCUT2D eigenvalue weighted by molar-refractivity contribution is 8.21. The molecule has 0 spiro atoms. The third-order valence-electron chi connectivity index (χ3n) is 5.65. The first-order valence-corrected chi connectivity index (χ1v) is 19.5. The van der Waals surface area contributed by atoms with Crippen LogP contribution >= 0.6 is 70.6 Å². The Labute approximate surface area is 264 Å². The van der Waals surface area contributed by atoms with Crippen LogP contribution in [0.3, 0.4) is 0 Å². The fourth-order valence-corrected chi connectivity index (χ4v) is 12.3. The predicted octanol–water partition coefficient (Wildman–Crippen LogP) is 6.34. The summed E-state index contributed by atoms with van der Waals surface area (Å²) in [6, 6.07) is 8.07. The van der Waals surface area contributed by atoms with E-state index in [0.717, 1.165) is 22.6 Å². The second-order valence-corrected chi connectivity index (χ2v) is 16.9. The summed E-state index contributed by atoms with van der Waals surface area (Å²) in [5.74, 6) is 6.58. The van der Waals surface area contributed by atoms with E-state index in [1.54, 1.807) is 23.5 Å². The second-order valence-electron chi connectivity index (χ2n) is 8.83. The summed E-state index contributed by atoms with van der Waals surface area (Å²) in [5.41, 5.74) is 1.78. The van der Waals surface area contributed by atoms with E-state index in [4.69, 9.17) is 18.9 Å². The molecule has 3 atom stereocenters. The van der Waals surface area contributed by atoms with Gasteiger partial charge in [0.25, 0.3) is 0 Å². The molecule has 222 valence electrons. The summed E-state index contributed by atoms with van der Waals surface area (Å²) in [7, 11) is 0. The van der Waals surface area contributed by atoms with Crippen LogP contribution in [0.15, 0.2) is 49.6 Å². The van der Waals surface area contributed by atoms with E-state index < -0.39 is 18.0 Å². The van der Waals surface area contributed by atoms with E-state index in [9.17, 15) is 9.59 Å². The van der Waals surface area contributed by atoms with Crippen LogP contribution < -0.4 is 0 Å². The molecule has 0 aliphatic carbocycles. The molecule has 1 aromatic rings. The maximum Gasteiger partial charge on any atom is 0.330 e. The van der Waals surface area contributed by atoms with Gasteiger partial charge in [0.2, 0.25) is 0 Å². The average Bonchev–Trinajstić information content (AvgIpc) is 3.68. The van der Waals surface area contributed by atoms with Gasteiger partial charge in [-0.05, 0) is 18.1 Å². The number of hydrogen-bond acceptors (Lipinski definition) is 12. The first-order valence-electron chi connectivity index (χ1n) is 13.1. The number of rotatable bonds is 19. The van der Waals surface area contributed by atoms with Crippen molar-refractivity contribution in [1.82, 2.24) is 0 Å². The van der Waals surface area contributed by atoms with E-state index in [2.05, 4.69) is 13.2 Å². The minimum atomic E-state index is -0.442. The third-order valence-corrected chi connectivity index (χ3v) is 15.1. The van der Waals surface area contributed by atoms with Gasteiger partial charge in [-0.25, -0.2) is 9.59 Å². The first kappa shape index (κ1) is 34.2. The minimum absolute atomic E-state index is 0.271. The van der Waals surface area contributed by atoms with Crippen molar-refractivity contribution in [3.8, 4) is 0 Å². The monoisotopic (exact) mass is 662 g/mol. The molecule has 6 nitrogen and oxygen atoms in total. The highest BCUT2D eigenvalue weighted by Crippen LogP contribution is 2.36. The summed E-state index contributed by atoms with van der Waals surface area (Å²) in [5, 5.41) is 0. The van der Waals surface area contributed by atoms with Gasteiger partial charge in [0.05, 0.1) is 29.0 Å². The lowest BCUT2D eigenvalue weighted by Crippen LogP contribution is -2.29. The molecule has 2 fully saturated rings. The molecule has 0 radical (unpaired) electrons. The number of ether oxygens (including phenoxy) is 4. The molecule has 2 aliphatic heterocycles. The smallest absolute Gasteiger partial charge is 0.330 e. The molecule has 2 heterocycles. The van der Waals surface area contributed by atoms with Crippen molar-refractivity contribution in [2.75, 3.05) is 46.9 Å². The number of hydrogen-bond donors (Lipinski definition) is 0. The van der Waals surface area contributed by atoms with Crippen LogP contribution in [-0.4, -0.2) is 85.6 Å². The number of esters is 2. The van der Waals surface area contributed by atoms with Crippen molar-refractivity contribution in [2.24, 2.45) is 0 Å². The molecule has 2 saturated heterocycles. The number of thioether (sulfide) groups is 6. The molecule has 40 heavy (non-hydrogen) atoms. The molecule has 0 N–H and O–H groups in total. The fraction of sp³-hybridized carbons (Fsp3) is 0.571. The summed E-state index contributed by atoms with van der Waals surface area (Å²) < 4.78 is 24.2. The van der Waals surface area contributed by atoms with E-state index in [1.165, 1.54) is 35.2 Å². The molecular weight excluding hydrogens is 625 g/mol. The molecule has 0 amide bonds. The lowest BCUT2D eigenvalue weighted by molar-refractivity contribution is -0.146. The van der Waals surface area contributed by atoms with Crippen molar-refractivity contribution in [3.63, 3.8) is 0 Å². The highest BCUT2D eigenvalue weighted by atomic mass is 32.2. The van der Waals surface area contributed by atoms with Crippen molar-refractivity contribution in [2.45, 2.75) is 46.9 Å². The average molecular weight is 663 g/mol. The molecule has 0 saturated carbocycles. The molecule has 2 aliphatic rings. The van der Waals surface area contributed by atoms with E-state index in [-0.39, 0.29) is 11.5 Å². The molecule has 0 aromatic heterocycles. The van der Waals surface area contributed by atoms with Gasteiger partial charge in [-0.15, -0.1) is 58.8 Å². The van der Waals surface area contributed by atoms with Crippen LogP contribution in [0.2, 0.25) is 0 Å². The Morgan fingerprint density at radius 2 is 1.45 bits per heavy atom. The van der Waals surface area contributed by atoms with Crippen molar-refractivity contribution >= 4 is 82.5 Å². The SMILES string of the molecule is C=CC(=O)OC(COCc1ccc(COC(SCC2SCCS2)C(C)OC(=O)C=C)cc1)CSCC1SCCS1. The van der Waals surface area contributed by atoms with Crippen molar-refractivity contribution in [3.05, 3.63) is 60.7 Å². The lowest BCUT2D eigenvalue weighted by Gasteiger charge is -2.24. The van der Waals surface area contributed by atoms with Gasteiger partial charge in [-0.3, -0.25) is 0 Å². The molecular formula is C28H38O6S6. The maximum absolute atomic E-state index is 11.8. The maximum atomic E-state index is 11.8. The molecule has 1 aromatic carbocycles. The van der Waals surface area contributed by atoms with Gasteiger partial charge in [0.1, 0.15) is 17.6 Å². The van der Waals surface area contributed by atoms with Gasteiger partial charge in [-0.1, -0.05) is 37.4 Å². The first-order chi connectivity index (χ1) is 19.5. The van der Waals surface area contributed by atoms with Crippen LogP contribution in [-0.2, 0) is 41.8 Å². The Morgan fingerprint density at radius 1 is 0.900 bits per heavy atom. The summed E-state index contributed by atoms with van der Waals surface area (Å²) in [4.78, 5) is 23.5. The van der Waals surface area contributed by atoms with Crippen molar-refractivity contribution < 1.29 is 28.5 Å². The summed E-state index contributed by atoms with van der Waals surface area (Å²) in [6.07, 6.45) is 1.67. The molecule has 0 bridgehead atoms. The van der Waals surface area contributed by atoms with Crippen LogP contribution in [0, 0.1) is 0 Å². The molecule has 3 unspecified atom stereocenters. The third kappa shape index (κ3) is 13.3. The van der Waals surface area contributed by atoms with E-state index in [0.29, 0.717) is 34.7 Å². The standard InChI is InChI=1S/C28H38O6S6/c1-4-24(29)33-20(3)28(40-19-27-38-12-13-39-27)32-15-22-8-6-21(7-9-22)14-31-16-23(34-25(30)5-2)17-35-18-26-36-10-11-37-26/h4-9,20,23,26-28H,1-2,10-19H2,3H3. The topological polar surface area (TPSA) is 71.1 Å². The quantitative estimate of drug-likeness (QED) is 0.0943. The summed E-state index contributed by atoms with van der Waals surface area (Å²) in [6.45, 7) is 10.0. The van der Waals surface area contributed by atoms with Crippen LogP contribution in [0.4, 0.5) is 0 Å². The second kappa shape index (κ2) is 19.8. The highest BCUT2D eigenvalue weighted by Gasteiger charge is 2.25. The largest absolute Gasteiger partial charge is 0.456 e. The van der Waals surface area contributed by atoms with Gasteiger partial charge in [-0.2, -0.15) is 11.8 Å². The Bertz CT molecular complexity index is 920. The minimum Gasteiger partial charge on any atom is -0.456 e. The number of benzene rings is 1. The molecule has 12 heteroatoms. The number of carbonyl (C=O) groups excluding carboxylic acids is 2. The zero-order chi connectivity index (χ0) is 28.6. The van der Waals surface area contributed by atoms with Gasteiger partial charge in [0.15, 0.2) is 0 Å². The zero-order valence-corrected chi connectivity index (χ0v) is 27.6. The van der Waals surface area contributed by atoms with Crippen LogP contribution in [0.25, 0.3) is 0 Å². The Balaban J connectivity index is 1.43. The molecule has 3 rings (SSSR count). The van der Waals surface area contributed by atoms with E-state index >= 15 is 0 Å².